The van der Waals surface area contributed by atoms with E-state index in [2.05, 4.69) is 46.7 Å². The monoisotopic (exact) mass is 407 g/mol. The number of rotatable bonds is 5. The number of nitrogens with zero attached hydrogens (tertiary/aromatic N) is 1. The molecular formula is C25H33N3O2. The quantitative estimate of drug-likeness (QED) is 0.773. The number of para-hydroxylation sites is 1. The first-order valence-electron chi connectivity index (χ1n) is 10.7. The van der Waals surface area contributed by atoms with Crippen molar-refractivity contribution < 1.29 is 9.59 Å². The zero-order valence-electron chi connectivity index (χ0n) is 18.5. The maximum Gasteiger partial charge on any atom is 0.253 e. The van der Waals surface area contributed by atoms with Crippen LogP contribution in [0.2, 0.25) is 0 Å². The minimum atomic E-state index is -0.335. The fourth-order valence-corrected chi connectivity index (χ4v) is 3.81. The highest BCUT2D eigenvalue weighted by molar-refractivity contribution is 6.04. The van der Waals surface area contributed by atoms with E-state index in [0.29, 0.717) is 11.3 Å². The molecule has 0 unspecified atom stereocenters. The fourth-order valence-electron chi connectivity index (χ4n) is 3.81. The molecule has 5 heteroatoms. The highest BCUT2D eigenvalue weighted by atomic mass is 16.2. The lowest BCUT2D eigenvalue weighted by atomic mass is 9.95. The van der Waals surface area contributed by atoms with Gasteiger partial charge in [0.2, 0.25) is 5.91 Å². The first kappa shape index (κ1) is 22.0. The van der Waals surface area contributed by atoms with Crippen molar-refractivity contribution in [2.75, 3.05) is 18.4 Å². The van der Waals surface area contributed by atoms with Crippen LogP contribution in [-0.2, 0) is 11.3 Å². The summed E-state index contributed by atoms with van der Waals surface area (Å²) in [7, 11) is 0. The average molecular weight is 408 g/mol. The molecule has 0 aliphatic carbocycles. The highest BCUT2D eigenvalue weighted by Crippen LogP contribution is 2.23. The Kier molecular flexibility index (Phi) is 6.93. The molecule has 2 aromatic carbocycles. The first-order valence-corrected chi connectivity index (χ1v) is 10.7. The van der Waals surface area contributed by atoms with Crippen molar-refractivity contribution >= 4 is 17.5 Å². The van der Waals surface area contributed by atoms with Crippen molar-refractivity contribution in [3.63, 3.8) is 0 Å². The van der Waals surface area contributed by atoms with Gasteiger partial charge in [-0.3, -0.25) is 14.5 Å². The normalized spacial score (nSPS) is 15.6. The number of piperidine rings is 1. The predicted molar refractivity (Wildman–Crippen MR) is 121 cm³/mol. The van der Waals surface area contributed by atoms with Gasteiger partial charge in [-0.1, -0.05) is 36.4 Å². The molecule has 2 N–H and O–H groups in total. The molecule has 30 heavy (non-hydrogen) atoms. The van der Waals surface area contributed by atoms with Crippen LogP contribution in [0.5, 0.6) is 0 Å². The van der Waals surface area contributed by atoms with E-state index in [9.17, 15) is 9.59 Å². The number of hydrogen-bond acceptors (Lipinski definition) is 3. The predicted octanol–water partition coefficient (Wildman–Crippen LogP) is 4.37. The number of likely N-dealkylation sites (tertiary alicyclic amines) is 1. The summed E-state index contributed by atoms with van der Waals surface area (Å²) in [5.41, 5.74) is 3.39. The molecule has 2 aromatic rings. The largest absolute Gasteiger partial charge is 0.347 e. The lowest BCUT2D eigenvalue weighted by molar-refractivity contribution is -0.121. The molecule has 5 nitrogen and oxygen atoms in total. The molecule has 0 bridgehead atoms. The molecule has 160 valence electrons. The average Bonchev–Trinajstić information content (AvgIpc) is 2.69. The van der Waals surface area contributed by atoms with Crippen LogP contribution in [0.3, 0.4) is 0 Å². The number of carbonyl (C=O) groups excluding carboxylic acids is 2. The summed E-state index contributed by atoms with van der Waals surface area (Å²) < 4.78 is 0. The lowest BCUT2D eigenvalue weighted by Gasteiger charge is -2.31. The summed E-state index contributed by atoms with van der Waals surface area (Å²) in [6.45, 7) is 10.7. The van der Waals surface area contributed by atoms with E-state index in [1.165, 1.54) is 11.1 Å². The SMILES string of the molecule is Cc1ccccc1CN1CCC(C(=O)Nc2ccccc2C(=O)NC(C)(C)C)CC1. The minimum Gasteiger partial charge on any atom is -0.347 e. The second-order valence-corrected chi connectivity index (χ2v) is 9.22. The third-order valence-corrected chi connectivity index (χ3v) is 5.53. The number of hydrogen-bond donors (Lipinski definition) is 2. The number of carbonyl (C=O) groups is 2. The summed E-state index contributed by atoms with van der Waals surface area (Å²) in [5, 5.41) is 5.97. The Balaban J connectivity index is 1.58. The Bertz CT molecular complexity index is 893. The topological polar surface area (TPSA) is 61.4 Å². The highest BCUT2D eigenvalue weighted by Gasteiger charge is 2.26. The van der Waals surface area contributed by atoms with Gasteiger partial charge in [0.1, 0.15) is 0 Å². The van der Waals surface area contributed by atoms with Crippen LogP contribution >= 0.6 is 0 Å². The number of amides is 2. The Morgan fingerprint density at radius 3 is 2.30 bits per heavy atom. The smallest absolute Gasteiger partial charge is 0.253 e. The van der Waals surface area contributed by atoms with Crippen molar-refractivity contribution in [3.8, 4) is 0 Å². The first-order chi connectivity index (χ1) is 14.2. The van der Waals surface area contributed by atoms with E-state index in [1.54, 1.807) is 12.1 Å². The lowest BCUT2D eigenvalue weighted by Crippen LogP contribution is -2.41. The Morgan fingerprint density at radius 1 is 1.00 bits per heavy atom. The molecule has 0 saturated carbocycles. The zero-order chi connectivity index (χ0) is 21.7. The third kappa shape index (κ3) is 5.92. The maximum atomic E-state index is 12.9. The summed E-state index contributed by atoms with van der Waals surface area (Å²) in [4.78, 5) is 27.9. The molecule has 1 aliphatic rings. The summed E-state index contributed by atoms with van der Waals surface area (Å²) in [5.74, 6) is -0.204. The van der Waals surface area contributed by atoms with Gasteiger partial charge in [-0.25, -0.2) is 0 Å². The Hall–Kier alpha value is -2.66. The van der Waals surface area contributed by atoms with Crippen LogP contribution in [-0.4, -0.2) is 35.3 Å². The standard InChI is InChI=1S/C25H33N3O2/c1-18-9-5-6-10-20(18)17-28-15-13-19(14-16-28)23(29)26-22-12-8-7-11-21(22)24(30)27-25(2,3)4/h5-12,19H,13-17H2,1-4H3,(H,26,29)(H,27,30). The summed E-state index contributed by atoms with van der Waals surface area (Å²) in [6.07, 6.45) is 1.65. The van der Waals surface area contributed by atoms with E-state index in [4.69, 9.17) is 0 Å². The third-order valence-electron chi connectivity index (χ3n) is 5.53. The Morgan fingerprint density at radius 2 is 1.63 bits per heavy atom. The van der Waals surface area contributed by atoms with Crippen LogP contribution < -0.4 is 10.6 Å². The number of aryl methyl sites for hydroxylation is 1. The number of nitrogens with one attached hydrogen (secondary N) is 2. The van der Waals surface area contributed by atoms with Crippen LogP contribution in [0.4, 0.5) is 5.69 Å². The van der Waals surface area contributed by atoms with E-state index >= 15 is 0 Å². The van der Waals surface area contributed by atoms with E-state index < -0.39 is 0 Å². The molecule has 1 fully saturated rings. The van der Waals surface area contributed by atoms with Crippen molar-refractivity contribution in [1.82, 2.24) is 10.2 Å². The van der Waals surface area contributed by atoms with Crippen molar-refractivity contribution in [2.45, 2.75) is 52.6 Å². The van der Waals surface area contributed by atoms with Gasteiger partial charge in [0.15, 0.2) is 0 Å². The van der Waals surface area contributed by atoms with Gasteiger partial charge >= 0.3 is 0 Å². The summed E-state index contributed by atoms with van der Waals surface area (Å²) in [6, 6.07) is 15.7. The molecule has 1 saturated heterocycles. The van der Waals surface area contributed by atoms with Crippen LogP contribution in [0.25, 0.3) is 0 Å². The fraction of sp³-hybridized carbons (Fsp3) is 0.440. The van der Waals surface area contributed by atoms with Crippen LogP contribution in [0, 0.1) is 12.8 Å². The van der Waals surface area contributed by atoms with Gasteiger partial charge in [0, 0.05) is 18.0 Å². The molecule has 1 heterocycles. The maximum absolute atomic E-state index is 12.9. The molecule has 0 aromatic heterocycles. The van der Waals surface area contributed by atoms with Gasteiger partial charge in [-0.05, 0) is 76.9 Å². The van der Waals surface area contributed by atoms with Gasteiger partial charge in [-0.15, -0.1) is 0 Å². The molecule has 1 aliphatic heterocycles. The van der Waals surface area contributed by atoms with Gasteiger partial charge in [0.25, 0.3) is 5.91 Å². The molecule has 3 rings (SSSR count). The van der Waals surface area contributed by atoms with Crippen molar-refractivity contribution in [2.24, 2.45) is 5.92 Å². The van der Waals surface area contributed by atoms with Gasteiger partial charge in [-0.2, -0.15) is 0 Å². The van der Waals surface area contributed by atoms with E-state index in [-0.39, 0.29) is 23.3 Å². The molecule has 0 atom stereocenters. The Labute approximate surface area is 179 Å². The van der Waals surface area contributed by atoms with E-state index in [0.717, 1.165) is 32.5 Å². The van der Waals surface area contributed by atoms with Crippen LogP contribution in [0.1, 0.15) is 55.1 Å². The minimum absolute atomic E-state index is 0.00144. The number of benzene rings is 2. The van der Waals surface area contributed by atoms with Gasteiger partial charge < -0.3 is 10.6 Å². The number of anilines is 1. The van der Waals surface area contributed by atoms with E-state index in [1.807, 2.05) is 32.9 Å². The molecule has 0 spiro atoms. The summed E-state index contributed by atoms with van der Waals surface area (Å²) >= 11 is 0. The molecular weight excluding hydrogens is 374 g/mol. The zero-order valence-corrected chi connectivity index (χ0v) is 18.5. The van der Waals surface area contributed by atoms with Gasteiger partial charge in [0.05, 0.1) is 11.3 Å². The molecule has 0 radical (unpaired) electrons. The van der Waals surface area contributed by atoms with Crippen LogP contribution in [0.15, 0.2) is 48.5 Å². The van der Waals surface area contributed by atoms with Crippen molar-refractivity contribution in [1.29, 1.82) is 0 Å². The molecule has 2 amide bonds. The second-order valence-electron chi connectivity index (χ2n) is 9.22. The second kappa shape index (κ2) is 9.43. The van der Waals surface area contributed by atoms with Crippen molar-refractivity contribution in [3.05, 3.63) is 65.2 Å².